The molecule has 3 N–H and O–H groups in total. The number of nitrogens with two attached hydrogens (primary N) is 1. The molecule has 0 radical (unpaired) electrons. The number of aromatic nitrogens is 1. The fourth-order valence-corrected chi connectivity index (χ4v) is 1.85. The molecule has 0 spiro atoms. The second-order valence-electron chi connectivity index (χ2n) is 4.62. The predicted molar refractivity (Wildman–Crippen MR) is 83.5 cm³/mol. The zero-order valence-electron chi connectivity index (χ0n) is 12.0. The number of ether oxygens (including phenoxy) is 1. The van der Waals surface area contributed by atoms with Crippen molar-refractivity contribution in [3.8, 4) is 5.88 Å². The van der Waals surface area contributed by atoms with Crippen LogP contribution >= 0.6 is 0 Å². The summed E-state index contributed by atoms with van der Waals surface area (Å²) >= 11 is 0. The third kappa shape index (κ3) is 3.63. The van der Waals surface area contributed by atoms with E-state index in [-0.39, 0.29) is 0 Å². The Hall–Kier alpha value is -2.23. The molecule has 0 aliphatic rings. The van der Waals surface area contributed by atoms with Gasteiger partial charge in [0.1, 0.15) is 5.82 Å². The molecule has 1 aromatic carbocycles. The van der Waals surface area contributed by atoms with Crippen LogP contribution in [0.5, 0.6) is 5.88 Å². The highest BCUT2D eigenvalue weighted by Crippen LogP contribution is 2.23. The molecule has 0 aliphatic carbocycles. The number of aryl methyl sites for hydroxylation is 1. The molecule has 4 heteroatoms. The van der Waals surface area contributed by atoms with Crippen molar-refractivity contribution in [2.75, 3.05) is 17.7 Å². The Bertz CT molecular complexity index is 569. The summed E-state index contributed by atoms with van der Waals surface area (Å²) in [5, 5.41) is 3.28. The van der Waals surface area contributed by atoms with Gasteiger partial charge < -0.3 is 15.8 Å². The molecule has 1 heterocycles. The second kappa shape index (κ2) is 6.80. The Morgan fingerprint density at radius 1 is 1.20 bits per heavy atom. The molecule has 1 aromatic heterocycles. The van der Waals surface area contributed by atoms with E-state index < -0.39 is 0 Å². The van der Waals surface area contributed by atoms with Crippen LogP contribution in [0.15, 0.2) is 36.4 Å². The first-order chi connectivity index (χ1) is 9.72. The number of nitrogen functional groups attached to an aromatic ring is 1. The average Bonchev–Trinajstić information content (AvgIpc) is 2.48. The Kier molecular flexibility index (Phi) is 4.82. The van der Waals surface area contributed by atoms with Gasteiger partial charge in [0.15, 0.2) is 0 Å². The molecule has 0 fully saturated rings. The van der Waals surface area contributed by atoms with E-state index in [9.17, 15) is 0 Å². The summed E-state index contributed by atoms with van der Waals surface area (Å²) in [7, 11) is 0. The van der Waals surface area contributed by atoms with E-state index in [1.807, 2.05) is 24.3 Å². The Morgan fingerprint density at radius 3 is 2.80 bits per heavy atom. The van der Waals surface area contributed by atoms with Gasteiger partial charge in [-0.3, -0.25) is 0 Å². The van der Waals surface area contributed by atoms with Crippen molar-refractivity contribution in [1.29, 1.82) is 0 Å². The third-order valence-corrected chi connectivity index (χ3v) is 2.94. The molecule has 0 aliphatic heterocycles. The minimum atomic E-state index is 0.489. The zero-order chi connectivity index (χ0) is 14.4. The van der Waals surface area contributed by atoms with Crippen molar-refractivity contribution in [1.82, 2.24) is 4.98 Å². The van der Waals surface area contributed by atoms with Gasteiger partial charge in [0, 0.05) is 5.69 Å². The Morgan fingerprint density at radius 2 is 2.05 bits per heavy atom. The summed E-state index contributed by atoms with van der Waals surface area (Å²) in [6.07, 6.45) is 1.94. The van der Waals surface area contributed by atoms with E-state index in [1.54, 1.807) is 0 Å². The van der Waals surface area contributed by atoms with Crippen LogP contribution in [-0.4, -0.2) is 11.6 Å². The van der Waals surface area contributed by atoms with Crippen LogP contribution in [0.3, 0.4) is 0 Å². The second-order valence-corrected chi connectivity index (χ2v) is 4.62. The van der Waals surface area contributed by atoms with Crippen molar-refractivity contribution in [2.45, 2.75) is 26.7 Å². The highest BCUT2D eigenvalue weighted by atomic mass is 16.5. The van der Waals surface area contributed by atoms with Gasteiger partial charge in [-0.25, -0.2) is 0 Å². The van der Waals surface area contributed by atoms with Gasteiger partial charge in [-0.05, 0) is 42.7 Å². The normalized spacial score (nSPS) is 10.3. The maximum Gasteiger partial charge on any atom is 0.239 e. The third-order valence-electron chi connectivity index (χ3n) is 2.94. The van der Waals surface area contributed by atoms with Gasteiger partial charge in [0.25, 0.3) is 0 Å². The lowest BCUT2D eigenvalue weighted by Gasteiger charge is -2.11. The SMILES string of the molecule is CCCOc1nc(Nc2cccc(CC)c2)ccc1N. The number of benzene rings is 1. The minimum absolute atomic E-state index is 0.489. The summed E-state index contributed by atoms with van der Waals surface area (Å²) < 4.78 is 5.53. The summed E-state index contributed by atoms with van der Waals surface area (Å²) in [6, 6.07) is 11.9. The molecule has 0 atom stereocenters. The standard InChI is InChI=1S/C16H21N3O/c1-3-10-20-16-14(17)8-9-15(19-16)18-13-7-5-6-12(4-2)11-13/h5-9,11H,3-4,10,17H2,1-2H3,(H,18,19). The van der Waals surface area contributed by atoms with E-state index in [0.717, 1.165) is 24.3 Å². The first-order valence-electron chi connectivity index (χ1n) is 6.98. The molecule has 4 nitrogen and oxygen atoms in total. The van der Waals surface area contributed by atoms with Crippen LogP contribution in [-0.2, 0) is 6.42 Å². The van der Waals surface area contributed by atoms with Crippen LogP contribution in [0.25, 0.3) is 0 Å². The molecule has 2 rings (SSSR count). The Balaban J connectivity index is 2.16. The largest absolute Gasteiger partial charge is 0.476 e. The monoisotopic (exact) mass is 271 g/mol. The van der Waals surface area contributed by atoms with Crippen LogP contribution in [0, 0.1) is 0 Å². The molecular formula is C16H21N3O. The molecule has 2 aromatic rings. The Labute approximate surface area is 120 Å². The van der Waals surface area contributed by atoms with Crippen LogP contribution in [0.4, 0.5) is 17.2 Å². The molecule has 0 saturated heterocycles. The van der Waals surface area contributed by atoms with E-state index in [0.29, 0.717) is 18.2 Å². The van der Waals surface area contributed by atoms with Gasteiger partial charge in [-0.1, -0.05) is 26.0 Å². The van der Waals surface area contributed by atoms with Crippen LogP contribution in [0.2, 0.25) is 0 Å². The summed E-state index contributed by atoms with van der Waals surface area (Å²) in [6.45, 7) is 4.80. The van der Waals surface area contributed by atoms with Gasteiger partial charge >= 0.3 is 0 Å². The van der Waals surface area contributed by atoms with Crippen molar-refractivity contribution in [2.24, 2.45) is 0 Å². The summed E-state index contributed by atoms with van der Waals surface area (Å²) in [5.41, 5.74) is 8.72. The van der Waals surface area contributed by atoms with Gasteiger partial charge in [-0.2, -0.15) is 4.98 Å². The lowest BCUT2D eigenvalue weighted by atomic mass is 10.1. The van der Waals surface area contributed by atoms with Crippen LogP contribution in [0.1, 0.15) is 25.8 Å². The van der Waals surface area contributed by atoms with E-state index in [1.165, 1.54) is 5.56 Å². The summed E-state index contributed by atoms with van der Waals surface area (Å²) in [4.78, 5) is 4.40. The van der Waals surface area contributed by atoms with E-state index >= 15 is 0 Å². The van der Waals surface area contributed by atoms with Crippen molar-refractivity contribution < 1.29 is 4.74 Å². The van der Waals surface area contributed by atoms with Crippen molar-refractivity contribution in [3.63, 3.8) is 0 Å². The predicted octanol–water partition coefficient (Wildman–Crippen LogP) is 3.76. The molecule has 106 valence electrons. The van der Waals surface area contributed by atoms with E-state index in [2.05, 4.69) is 36.3 Å². The van der Waals surface area contributed by atoms with Gasteiger partial charge in [0.2, 0.25) is 5.88 Å². The zero-order valence-corrected chi connectivity index (χ0v) is 12.0. The quantitative estimate of drug-likeness (QED) is 0.839. The van der Waals surface area contributed by atoms with Gasteiger partial charge in [0.05, 0.1) is 12.3 Å². The number of nitrogens with zero attached hydrogens (tertiary/aromatic N) is 1. The molecule has 0 unspecified atom stereocenters. The highest BCUT2D eigenvalue weighted by Gasteiger charge is 2.04. The molecule has 0 bridgehead atoms. The number of hydrogen-bond donors (Lipinski definition) is 2. The fraction of sp³-hybridized carbons (Fsp3) is 0.312. The highest BCUT2D eigenvalue weighted by molar-refractivity contribution is 5.61. The first-order valence-corrected chi connectivity index (χ1v) is 6.98. The first kappa shape index (κ1) is 14.2. The topological polar surface area (TPSA) is 60.2 Å². The number of pyridine rings is 1. The molecule has 0 saturated carbocycles. The van der Waals surface area contributed by atoms with E-state index in [4.69, 9.17) is 10.5 Å². The number of nitrogens with one attached hydrogen (secondary N) is 1. The number of anilines is 3. The number of rotatable bonds is 6. The fourth-order valence-electron chi connectivity index (χ4n) is 1.85. The maximum absolute atomic E-state index is 5.85. The smallest absolute Gasteiger partial charge is 0.239 e. The lowest BCUT2D eigenvalue weighted by molar-refractivity contribution is 0.307. The minimum Gasteiger partial charge on any atom is -0.476 e. The lowest BCUT2D eigenvalue weighted by Crippen LogP contribution is -2.03. The van der Waals surface area contributed by atoms with Crippen molar-refractivity contribution >= 4 is 17.2 Å². The molecule has 0 amide bonds. The number of hydrogen-bond acceptors (Lipinski definition) is 4. The molecular weight excluding hydrogens is 250 g/mol. The van der Waals surface area contributed by atoms with Crippen molar-refractivity contribution in [3.05, 3.63) is 42.0 Å². The molecule has 20 heavy (non-hydrogen) atoms. The average molecular weight is 271 g/mol. The summed E-state index contributed by atoms with van der Waals surface area (Å²) in [5.74, 6) is 1.22. The maximum atomic E-state index is 5.85. The van der Waals surface area contributed by atoms with Gasteiger partial charge in [-0.15, -0.1) is 0 Å². The van der Waals surface area contributed by atoms with Crippen LogP contribution < -0.4 is 15.8 Å².